The van der Waals surface area contributed by atoms with Crippen LogP contribution in [0.5, 0.6) is 0 Å². The van der Waals surface area contributed by atoms with E-state index in [0.29, 0.717) is 0 Å². The summed E-state index contributed by atoms with van der Waals surface area (Å²) in [6.45, 7) is 3.91. The van der Waals surface area contributed by atoms with Crippen LogP contribution in [0.3, 0.4) is 0 Å². The van der Waals surface area contributed by atoms with E-state index >= 15 is 0 Å². The molecule has 18 heavy (non-hydrogen) atoms. The van der Waals surface area contributed by atoms with Crippen molar-refractivity contribution in [2.75, 3.05) is 12.8 Å². The minimum Gasteiger partial charge on any atom is -0.399 e. The molecule has 0 atom stereocenters. The van der Waals surface area contributed by atoms with E-state index in [4.69, 9.17) is 5.73 Å². The van der Waals surface area contributed by atoms with Gasteiger partial charge in [-0.1, -0.05) is 12.1 Å². The summed E-state index contributed by atoms with van der Waals surface area (Å²) >= 11 is 5.26. The average molecular weight is 325 g/mol. The summed E-state index contributed by atoms with van der Waals surface area (Å²) in [5.74, 6) is 0. The number of nitrogen functional groups attached to an aromatic ring is 1. The van der Waals surface area contributed by atoms with Crippen molar-refractivity contribution in [3.8, 4) is 0 Å². The molecule has 0 amide bonds. The summed E-state index contributed by atoms with van der Waals surface area (Å²) < 4.78 is 1.16. The number of benzene rings is 1. The van der Waals surface area contributed by atoms with Crippen molar-refractivity contribution in [1.82, 2.24) is 4.90 Å². The fourth-order valence-corrected chi connectivity index (χ4v) is 3.39. The zero-order chi connectivity index (χ0) is 13.1. The van der Waals surface area contributed by atoms with Gasteiger partial charge in [-0.25, -0.2) is 0 Å². The molecule has 2 nitrogen and oxygen atoms in total. The summed E-state index contributed by atoms with van der Waals surface area (Å²) in [6, 6.07) is 8.47. The van der Waals surface area contributed by atoms with Gasteiger partial charge in [0.1, 0.15) is 0 Å². The van der Waals surface area contributed by atoms with Crippen LogP contribution >= 0.6 is 27.3 Å². The van der Waals surface area contributed by atoms with Crippen molar-refractivity contribution in [1.29, 1.82) is 0 Å². The SMILES string of the molecule is Cc1ccc(CN(C)Cc2cc(Br)cs2)cc1N. The molecular formula is C14H17BrN2S. The highest BCUT2D eigenvalue weighted by atomic mass is 79.9. The lowest BCUT2D eigenvalue weighted by atomic mass is 10.1. The molecule has 0 saturated heterocycles. The monoisotopic (exact) mass is 324 g/mol. The van der Waals surface area contributed by atoms with Crippen molar-refractivity contribution in [2.45, 2.75) is 20.0 Å². The quantitative estimate of drug-likeness (QED) is 0.860. The number of hydrogen-bond acceptors (Lipinski definition) is 3. The minimum absolute atomic E-state index is 0.875. The van der Waals surface area contributed by atoms with Gasteiger partial charge < -0.3 is 5.73 Å². The Kier molecular flexibility index (Phi) is 4.43. The van der Waals surface area contributed by atoms with E-state index < -0.39 is 0 Å². The first-order valence-electron chi connectivity index (χ1n) is 5.81. The number of nitrogens with zero attached hydrogens (tertiary/aromatic N) is 1. The van der Waals surface area contributed by atoms with Crippen molar-refractivity contribution in [3.63, 3.8) is 0 Å². The fourth-order valence-electron chi connectivity index (χ4n) is 1.86. The van der Waals surface area contributed by atoms with E-state index in [1.165, 1.54) is 10.4 Å². The van der Waals surface area contributed by atoms with Crippen LogP contribution in [0.2, 0.25) is 0 Å². The first kappa shape index (κ1) is 13.6. The molecule has 0 aliphatic carbocycles. The van der Waals surface area contributed by atoms with Gasteiger partial charge in [-0.05, 0) is 53.2 Å². The number of halogens is 1. The van der Waals surface area contributed by atoms with Crippen molar-refractivity contribution < 1.29 is 0 Å². The number of nitrogens with two attached hydrogens (primary N) is 1. The summed E-state index contributed by atoms with van der Waals surface area (Å²) in [7, 11) is 2.13. The van der Waals surface area contributed by atoms with Gasteiger partial charge in [-0.15, -0.1) is 11.3 Å². The Morgan fingerprint density at radius 1 is 1.28 bits per heavy atom. The van der Waals surface area contributed by atoms with E-state index in [1.807, 2.05) is 6.92 Å². The molecule has 1 heterocycles. The smallest absolute Gasteiger partial charge is 0.0346 e. The highest BCUT2D eigenvalue weighted by Crippen LogP contribution is 2.21. The minimum atomic E-state index is 0.875. The predicted octanol–water partition coefficient (Wildman–Crippen LogP) is 4.03. The molecule has 0 bridgehead atoms. The maximum Gasteiger partial charge on any atom is 0.0346 e. The van der Waals surface area contributed by atoms with Crippen LogP contribution in [0.1, 0.15) is 16.0 Å². The van der Waals surface area contributed by atoms with E-state index in [9.17, 15) is 0 Å². The Morgan fingerprint density at radius 2 is 2.06 bits per heavy atom. The van der Waals surface area contributed by atoms with Crippen molar-refractivity contribution >= 4 is 33.0 Å². The molecule has 2 aromatic rings. The second kappa shape index (κ2) is 5.87. The second-order valence-corrected chi connectivity index (χ2v) is 6.51. The Morgan fingerprint density at radius 3 is 2.67 bits per heavy atom. The van der Waals surface area contributed by atoms with Gasteiger partial charge >= 0.3 is 0 Å². The molecule has 2 rings (SSSR count). The van der Waals surface area contributed by atoms with Crippen LogP contribution in [0.15, 0.2) is 34.1 Å². The van der Waals surface area contributed by atoms with Crippen LogP contribution in [-0.2, 0) is 13.1 Å². The first-order valence-corrected chi connectivity index (χ1v) is 7.48. The van der Waals surface area contributed by atoms with Crippen LogP contribution < -0.4 is 5.73 Å². The van der Waals surface area contributed by atoms with E-state index in [-0.39, 0.29) is 0 Å². The number of rotatable bonds is 4. The van der Waals surface area contributed by atoms with Gasteiger partial charge in [0, 0.05) is 33.5 Å². The molecule has 2 N–H and O–H groups in total. The topological polar surface area (TPSA) is 29.3 Å². The third kappa shape index (κ3) is 3.57. The molecule has 0 fully saturated rings. The molecule has 4 heteroatoms. The lowest BCUT2D eigenvalue weighted by Gasteiger charge is -2.16. The Bertz CT molecular complexity index is 536. The summed E-state index contributed by atoms with van der Waals surface area (Å²) in [5, 5.41) is 2.12. The molecule has 0 aliphatic heterocycles. The van der Waals surface area contributed by atoms with Crippen LogP contribution in [0.25, 0.3) is 0 Å². The second-order valence-electron chi connectivity index (χ2n) is 4.59. The van der Waals surface area contributed by atoms with Gasteiger partial charge in [0.2, 0.25) is 0 Å². The van der Waals surface area contributed by atoms with Crippen LogP contribution in [0.4, 0.5) is 5.69 Å². The largest absolute Gasteiger partial charge is 0.399 e. The van der Waals surface area contributed by atoms with Crippen molar-refractivity contribution in [2.24, 2.45) is 0 Å². The van der Waals surface area contributed by atoms with Crippen LogP contribution in [-0.4, -0.2) is 11.9 Å². The van der Waals surface area contributed by atoms with Gasteiger partial charge in [0.05, 0.1) is 0 Å². The maximum absolute atomic E-state index is 5.93. The molecule has 0 radical (unpaired) electrons. The standard InChI is InChI=1S/C14H17BrN2S/c1-10-3-4-11(5-14(10)16)7-17(2)8-13-6-12(15)9-18-13/h3-6,9H,7-8,16H2,1-2H3. The maximum atomic E-state index is 5.93. The summed E-state index contributed by atoms with van der Waals surface area (Å²) in [4.78, 5) is 3.66. The predicted molar refractivity (Wildman–Crippen MR) is 82.8 cm³/mol. The Labute approximate surface area is 121 Å². The third-order valence-corrected chi connectivity index (χ3v) is 4.53. The zero-order valence-electron chi connectivity index (χ0n) is 10.6. The summed E-state index contributed by atoms with van der Waals surface area (Å²) in [5.41, 5.74) is 9.21. The molecule has 1 aromatic heterocycles. The average Bonchev–Trinajstić information content (AvgIpc) is 2.69. The molecular weight excluding hydrogens is 308 g/mol. The fraction of sp³-hybridized carbons (Fsp3) is 0.286. The van der Waals surface area contributed by atoms with Gasteiger partial charge in [0.25, 0.3) is 0 Å². The van der Waals surface area contributed by atoms with E-state index in [1.54, 1.807) is 11.3 Å². The molecule has 1 aromatic carbocycles. The first-order chi connectivity index (χ1) is 8.54. The Hall–Kier alpha value is -0.840. The lowest BCUT2D eigenvalue weighted by Crippen LogP contribution is -2.16. The Balaban J connectivity index is 1.98. The summed E-state index contributed by atoms with van der Waals surface area (Å²) in [6.07, 6.45) is 0. The normalized spacial score (nSPS) is 11.1. The van der Waals surface area contributed by atoms with Crippen LogP contribution in [0, 0.1) is 6.92 Å². The molecule has 0 unspecified atom stereocenters. The lowest BCUT2D eigenvalue weighted by molar-refractivity contribution is 0.322. The van der Waals surface area contributed by atoms with E-state index in [0.717, 1.165) is 28.8 Å². The van der Waals surface area contributed by atoms with E-state index in [2.05, 4.69) is 57.5 Å². The molecule has 0 aliphatic rings. The third-order valence-electron chi connectivity index (χ3n) is 2.84. The number of aryl methyl sites for hydroxylation is 1. The molecule has 96 valence electrons. The van der Waals surface area contributed by atoms with Gasteiger partial charge in [-0.3, -0.25) is 4.90 Å². The van der Waals surface area contributed by atoms with Gasteiger partial charge in [0.15, 0.2) is 0 Å². The highest BCUT2D eigenvalue weighted by molar-refractivity contribution is 9.10. The highest BCUT2D eigenvalue weighted by Gasteiger charge is 2.05. The number of hydrogen-bond donors (Lipinski definition) is 1. The van der Waals surface area contributed by atoms with Crippen molar-refractivity contribution in [3.05, 3.63) is 50.1 Å². The number of anilines is 1. The zero-order valence-corrected chi connectivity index (χ0v) is 13.0. The van der Waals surface area contributed by atoms with Gasteiger partial charge in [-0.2, -0.15) is 0 Å². The molecule has 0 spiro atoms. The number of thiophene rings is 1. The molecule has 0 saturated carbocycles.